The Morgan fingerprint density at radius 3 is 2.69 bits per heavy atom. The molecule has 0 spiro atoms. The van der Waals surface area contributed by atoms with Gasteiger partial charge in [0.2, 0.25) is 5.88 Å². The first-order valence-electron chi connectivity index (χ1n) is 10.0. The Kier molecular flexibility index (Phi) is 6.19. The van der Waals surface area contributed by atoms with E-state index in [1.54, 1.807) is 24.3 Å². The van der Waals surface area contributed by atoms with Gasteiger partial charge < -0.3 is 19.9 Å². The quantitative estimate of drug-likeness (QED) is 0.623. The summed E-state index contributed by atoms with van der Waals surface area (Å²) in [5.41, 5.74) is 8.13. The molecule has 6 nitrogen and oxygen atoms in total. The minimum atomic E-state index is -0.661. The van der Waals surface area contributed by atoms with Gasteiger partial charge in [-0.25, -0.2) is 4.39 Å². The van der Waals surface area contributed by atoms with E-state index in [1.807, 2.05) is 0 Å². The molecule has 1 heterocycles. The molecule has 164 valence electrons. The number of carbonyl (C=O) groups excluding carboxylic acids is 1. The summed E-state index contributed by atoms with van der Waals surface area (Å²) in [6, 6.07) is 11.6. The van der Waals surface area contributed by atoms with Crippen LogP contribution in [0.25, 0.3) is 0 Å². The van der Waals surface area contributed by atoms with Crippen molar-refractivity contribution in [3.05, 3.63) is 80.6 Å². The number of Topliss-reactive ketones (excluding diaryl/α,β-unsaturated/α-hetero) is 1. The SMILES string of the molecule is COc1cc([C@@H]2C(C#N)=C(N)OC3=C2C(=O)CCC3)c(Br)cc1OCc1ccc(F)cc1. The molecule has 0 saturated carbocycles. The molecule has 2 aromatic rings. The van der Waals surface area contributed by atoms with Crippen LogP contribution in [0.2, 0.25) is 0 Å². The topological polar surface area (TPSA) is 94.6 Å². The number of nitrogens with two attached hydrogens (primary N) is 1. The molecule has 2 aromatic carbocycles. The molecule has 0 amide bonds. The van der Waals surface area contributed by atoms with Gasteiger partial charge in [-0.15, -0.1) is 0 Å². The molecule has 0 radical (unpaired) electrons. The average molecular weight is 499 g/mol. The number of rotatable bonds is 5. The van der Waals surface area contributed by atoms with Gasteiger partial charge in [0, 0.05) is 22.9 Å². The third-order valence-electron chi connectivity index (χ3n) is 5.51. The van der Waals surface area contributed by atoms with E-state index in [0.29, 0.717) is 52.1 Å². The van der Waals surface area contributed by atoms with Crippen LogP contribution < -0.4 is 15.2 Å². The van der Waals surface area contributed by atoms with E-state index < -0.39 is 5.92 Å². The summed E-state index contributed by atoms with van der Waals surface area (Å²) in [5, 5.41) is 9.77. The van der Waals surface area contributed by atoms with Crippen molar-refractivity contribution in [2.45, 2.75) is 31.8 Å². The highest BCUT2D eigenvalue weighted by atomic mass is 79.9. The average Bonchev–Trinajstić information content (AvgIpc) is 2.78. The molecule has 2 N–H and O–H groups in total. The van der Waals surface area contributed by atoms with Crippen molar-refractivity contribution in [2.24, 2.45) is 5.73 Å². The number of allylic oxidation sites excluding steroid dienone is 3. The second kappa shape index (κ2) is 9.05. The van der Waals surface area contributed by atoms with Crippen LogP contribution in [0, 0.1) is 17.1 Å². The highest BCUT2D eigenvalue weighted by Crippen LogP contribution is 2.47. The van der Waals surface area contributed by atoms with E-state index in [-0.39, 0.29) is 29.7 Å². The Balaban J connectivity index is 1.73. The molecule has 0 unspecified atom stereocenters. The Hall–Kier alpha value is -3.31. The number of ether oxygens (including phenoxy) is 3. The summed E-state index contributed by atoms with van der Waals surface area (Å²) < 4.78 is 30.8. The van der Waals surface area contributed by atoms with E-state index in [4.69, 9.17) is 19.9 Å². The number of hydrogen-bond acceptors (Lipinski definition) is 6. The van der Waals surface area contributed by atoms with Gasteiger partial charge in [0.25, 0.3) is 0 Å². The Morgan fingerprint density at radius 2 is 2.00 bits per heavy atom. The maximum absolute atomic E-state index is 13.1. The van der Waals surface area contributed by atoms with Crippen molar-refractivity contribution in [3.63, 3.8) is 0 Å². The number of methoxy groups -OCH3 is 1. The zero-order chi connectivity index (χ0) is 22.8. The molecule has 2 aliphatic rings. The molecule has 8 heteroatoms. The first-order valence-corrected chi connectivity index (χ1v) is 10.8. The number of halogens is 2. The van der Waals surface area contributed by atoms with Crippen LogP contribution in [0.4, 0.5) is 4.39 Å². The fourth-order valence-electron chi connectivity index (χ4n) is 3.95. The van der Waals surface area contributed by atoms with Gasteiger partial charge >= 0.3 is 0 Å². The monoisotopic (exact) mass is 498 g/mol. The second-order valence-corrected chi connectivity index (χ2v) is 8.33. The molecule has 32 heavy (non-hydrogen) atoms. The lowest BCUT2D eigenvalue weighted by Gasteiger charge is -2.31. The molecule has 0 fully saturated rings. The molecule has 1 atom stereocenters. The zero-order valence-electron chi connectivity index (χ0n) is 17.3. The van der Waals surface area contributed by atoms with E-state index >= 15 is 0 Å². The predicted molar refractivity (Wildman–Crippen MR) is 118 cm³/mol. The second-order valence-electron chi connectivity index (χ2n) is 7.48. The minimum absolute atomic E-state index is 0.00783. The van der Waals surface area contributed by atoms with Crippen LogP contribution in [0.3, 0.4) is 0 Å². The number of ketones is 1. The molecular weight excluding hydrogens is 479 g/mol. The number of carbonyl (C=O) groups is 1. The van der Waals surface area contributed by atoms with Crippen LogP contribution in [0.5, 0.6) is 11.5 Å². The summed E-state index contributed by atoms with van der Waals surface area (Å²) in [5.74, 6) is 0.377. The summed E-state index contributed by atoms with van der Waals surface area (Å²) in [4.78, 5) is 12.8. The van der Waals surface area contributed by atoms with Crippen molar-refractivity contribution in [3.8, 4) is 17.6 Å². The third kappa shape index (κ3) is 4.08. The molecule has 1 aliphatic carbocycles. The highest BCUT2D eigenvalue weighted by Gasteiger charge is 2.39. The lowest BCUT2D eigenvalue weighted by molar-refractivity contribution is -0.116. The third-order valence-corrected chi connectivity index (χ3v) is 6.19. The van der Waals surface area contributed by atoms with Crippen LogP contribution in [-0.4, -0.2) is 12.9 Å². The van der Waals surface area contributed by atoms with Crippen molar-refractivity contribution in [1.82, 2.24) is 0 Å². The minimum Gasteiger partial charge on any atom is -0.493 e. The summed E-state index contributed by atoms with van der Waals surface area (Å²) in [6.45, 7) is 0.212. The van der Waals surface area contributed by atoms with Crippen LogP contribution in [0.1, 0.15) is 36.3 Å². The van der Waals surface area contributed by atoms with Crippen LogP contribution in [-0.2, 0) is 16.1 Å². The van der Waals surface area contributed by atoms with Gasteiger partial charge in [-0.2, -0.15) is 5.26 Å². The number of nitrogens with zero attached hydrogens (tertiary/aromatic N) is 1. The van der Waals surface area contributed by atoms with E-state index in [1.165, 1.54) is 19.2 Å². The Bertz CT molecular complexity index is 1180. The molecule has 0 aromatic heterocycles. The number of nitriles is 1. The maximum atomic E-state index is 13.1. The van der Waals surface area contributed by atoms with Crippen LogP contribution in [0.15, 0.2) is 63.7 Å². The van der Waals surface area contributed by atoms with E-state index in [2.05, 4.69) is 22.0 Å². The van der Waals surface area contributed by atoms with Gasteiger partial charge in [0.1, 0.15) is 29.8 Å². The molecule has 0 saturated heterocycles. The summed E-state index contributed by atoms with van der Waals surface area (Å²) in [6.07, 6.45) is 1.66. The summed E-state index contributed by atoms with van der Waals surface area (Å²) >= 11 is 3.56. The Morgan fingerprint density at radius 1 is 1.25 bits per heavy atom. The van der Waals surface area contributed by atoms with Gasteiger partial charge in [0.05, 0.1) is 13.0 Å². The van der Waals surface area contributed by atoms with E-state index in [9.17, 15) is 14.4 Å². The Labute approximate surface area is 193 Å². The molecular formula is C24H20BrFN2O4. The maximum Gasteiger partial charge on any atom is 0.205 e. The molecule has 4 rings (SSSR count). The van der Waals surface area contributed by atoms with Gasteiger partial charge in [-0.3, -0.25) is 4.79 Å². The number of hydrogen-bond donors (Lipinski definition) is 1. The first-order chi connectivity index (χ1) is 15.4. The fraction of sp³-hybridized carbons (Fsp3) is 0.250. The fourth-order valence-corrected chi connectivity index (χ4v) is 4.50. The summed E-state index contributed by atoms with van der Waals surface area (Å²) in [7, 11) is 1.51. The van der Waals surface area contributed by atoms with Crippen molar-refractivity contribution >= 4 is 21.7 Å². The van der Waals surface area contributed by atoms with Crippen molar-refractivity contribution in [2.75, 3.05) is 7.11 Å². The first kappa shape index (κ1) is 21.9. The standard InChI is InChI=1S/C24H20BrFN2O4/c1-30-20-9-15(17(25)10-21(20)31-12-13-5-7-14(26)8-6-13)22-16(11-27)24(28)32-19-4-2-3-18(29)23(19)22/h5-10,22H,2-4,12,28H2,1H3/t22-/m1/s1. The zero-order valence-corrected chi connectivity index (χ0v) is 18.9. The molecule has 1 aliphatic heterocycles. The van der Waals surface area contributed by atoms with Crippen molar-refractivity contribution in [1.29, 1.82) is 5.26 Å². The van der Waals surface area contributed by atoms with E-state index in [0.717, 1.165) is 5.56 Å². The predicted octanol–water partition coefficient (Wildman–Crippen LogP) is 4.99. The normalized spacial score (nSPS) is 18.1. The molecule has 0 bridgehead atoms. The lowest BCUT2D eigenvalue weighted by atomic mass is 9.77. The lowest BCUT2D eigenvalue weighted by Crippen LogP contribution is -2.27. The highest BCUT2D eigenvalue weighted by molar-refractivity contribution is 9.10. The number of benzene rings is 2. The van der Waals surface area contributed by atoms with Gasteiger partial charge in [0.15, 0.2) is 17.3 Å². The largest absolute Gasteiger partial charge is 0.493 e. The van der Waals surface area contributed by atoms with Gasteiger partial charge in [-0.05, 0) is 41.8 Å². The van der Waals surface area contributed by atoms with Gasteiger partial charge in [-0.1, -0.05) is 28.1 Å². The smallest absolute Gasteiger partial charge is 0.205 e. The van der Waals surface area contributed by atoms with Crippen LogP contribution >= 0.6 is 15.9 Å². The van der Waals surface area contributed by atoms with Crippen molar-refractivity contribution < 1.29 is 23.4 Å².